The van der Waals surface area contributed by atoms with E-state index >= 15 is 0 Å². The van der Waals surface area contributed by atoms with E-state index < -0.39 is 0 Å². The number of carbonyl (C=O) groups excluding carboxylic acids is 1. The average Bonchev–Trinajstić information content (AvgIpc) is 2.96. The third-order valence-corrected chi connectivity index (χ3v) is 3.92. The number of hydrogen-bond donors (Lipinski definition) is 0. The number of amides is 1. The Morgan fingerprint density at radius 2 is 2.16 bits per heavy atom. The summed E-state index contributed by atoms with van der Waals surface area (Å²) in [5.41, 5.74) is 1.18. The van der Waals surface area contributed by atoms with Crippen LogP contribution in [0.1, 0.15) is 24.4 Å². The molecular formula is C14H19N3O2. The highest BCUT2D eigenvalue weighted by atomic mass is 16.5. The minimum atomic E-state index is 0.184. The molecule has 1 amide bonds. The quantitative estimate of drug-likeness (QED) is 0.767. The molecule has 0 radical (unpaired) electrons. The van der Waals surface area contributed by atoms with Gasteiger partial charge in [0.15, 0.2) is 0 Å². The predicted molar refractivity (Wildman–Crippen MR) is 72.0 cm³/mol. The summed E-state index contributed by atoms with van der Waals surface area (Å²) in [5.74, 6) is 1.02. The normalized spacial score (nSPS) is 23.7. The largest absolute Gasteiger partial charge is 0.378 e. The zero-order chi connectivity index (χ0) is 13.1. The van der Waals surface area contributed by atoms with Crippen molar-refractivity contribution in [1.29, 1.82) is 0 Å². The zero-order valence-corrected chi connectivity index (χ0v) is 11.0. The Morgan fingerprint density at radius 1 is 1.32 bits per heavy atom. The van der Waals surface area contributed by atoms with Gasteiger partial charge in [0, 0.05) is 31.4 Å². The van der Waals surface area contributed by atoms with Crippen molar-refractivity contribution in [3.63, 3.8) is 0 Å². The highest BCUT2D eigenvalue weighted by Crippen LogP contribution is 2.35. The first-order valence-corrected chi connectivity index (χ1v) is 6.89. The van der Waals surface area contributed by atoms with Gasteiger partial charge in [-0.05, 0) is 18.9 Å². The molecule has 1 atom stereocenters. The van der Waals surface area contributed by atoms with E-state index in [4.69, 9.17) is 4.74 Å². The van der Waals surface area contributed by atoms with Gasteiger partial charge >= 0.3 is 0 Å². The van der Waals surface area contributed by atoms with Gasteiger partial charge in [-0.2, -0.15) is 0 Å². The molecule has 0 aromatic carbocycles. The van der Waals surface area contributed by atoms with Gasteiger partial charge in [0.2, 0.25) is 6.41 Å². The molecule has 2 fully saturated rings. The van der Waals surface area contributed by atoms with E-state index in [-0.39, 0.29) is 6.04 Å². The lowest BCUT2D eigenvalue weighted by atomic mass is 10.0. The molecule has 0 saturated carbocycles. The van der Waals surface area contributed by atoms with Crippen LogP contribution >= 0.6 is 0 Å². The first kappa shape index (κ1) is 12.4. The van der Waals surface area contributed by atoms with Crippen molar-refractivity contribution < 1.29 is 9.53 Å². The van der Waals surface area contributed by atoms with E-state index in [1.165, 1.54) is 5.56 Å². The molecule has 19 heavy (non-hydrogen) atoms. The summed E-state index contributed by atoms with van der Waals surface area (Å²) in [6.45, 7) is 4.09. The Hall–Kier alpha value is -1.62. The second-order valence-electron chi connectivity index (χ2n) is 5.02. The molecule has 1 aromatic rings. The number of aromatic nitrogens is 1. The number of hydrogen-bond acceptors (Lipinski definition) is 4. The number of rotatable bonds is 3. The van der Waals surface area contributed by atoms with Crippen LogP contribution in [0.5, 0.6) is 0 Å². The van der Waals surface area contributed by atoms with Gasteiger partial charge in [-0.3, -0.25) is 4.79 Å². The van der Waals surface area contributed by atoms with Crippen molar-refractivity contribution in [2.24, 2.45) is 0 Å². The third kappa shape index (κ3) is 2.42. The van der Waals surface area contributed by atoms with Crippen LogP contribution < -0.4 is 4.90 Å². The Morgan fingerprint density at radius 3 is 2.95 bits per heavy atom. The van der Waals surface area contributed by atoms with Crippen molar-refractivity contribution in [3.05, 3.63) is 23.9 Å². The molecule has 102 valence electrons. The maximum atomic E-state index is 11.2. The van der Waals surface area contributed by atoms with E-state index in [1.807, 2.05) is 17.2 Å². The Labute approximate surface area is 113 Å². The van der Waals surface area contributed by atoms with Gasteiger partial charge in [0.05, 0.1) is 19.3 Å². The van der Waals surface area contributed by atoms with Gasteiger partial charge < -0.3 is 14.5 Å². The summed E-state index contributed by atoms with van der Waals surface area (Å²) in [6, 6.07) is 4.24. The first-order chi connectivity index (χ1) is 9.40. The van der Waals surface area contributed by atoms with Crippen molar-refractivity contribution in [3.8, 4) is 0 Å². The maximum Gasteiger partial charge on any atom is 0.210 e. The van der Waals surface area contributed by atoms with Gasteiger partial charge in [-0.25, -0.2) is 4.98 Å². The summed E-state index contributed by atoms with van der Waals surface area (Å²) in [7, 11) is 0. The average molecular weight is 261 g/mol. The lowest BCUT2D eigenvalue weighted by molar-refractivity contribution is -0.118. The van der Waals surface area contributed by atoms with Gasteiger partial charge in [-0.1, -0.05) is 6.07 Å². The highest BCUT2D eigenvalue weighted by Gasteiger charge is 2.28. The second-order valence-corrected chi connectivity index (χ2v) is 5.02. The number of morpholine rings is 1. The first-order valence-electron chi connectivity index (χ1n) is 6.89. The molecule has 0 N–H and O–H groups in total. The zero-order valence-electron chi connectivity index (χ0n) is 11.0. The van der Waals surface area contributed by atoms with Crippen LogP contribution in [-0.2, 0) is 9.53 Å². The molecule has 2 aliphatic rings. The van der Waals surface area contributed by atoms with E-state index in [1.54, 1.807) is 0 Å². The Balaban J connectivity index is 1.90. The van der Waals surface area contributed by atoms with Crippen LogP contribution in [0.25, 0.3) is 0 Å². The Kier molecular flexibility index (Phi) is 3.64. The number of anilines is 1. The summed E-state index contributed by atoms with van der Waals surface area (Å²) in [5, 5.41) is 0. The summed E-state index contributed by atoms with van der Waals surface area (Å²) >= 11 is 0. The fraction of sp³-hybridized carbons (Fsp3) is 0.571. The predicted octanol–water partition coefficient (Wildman–Crippen LogP) is 1.21. The second kappa shape index (κ2) is 5.57. The highest BCUT2D eigenvalue weighted by molar-refractivity contribution is 5.54. The maximum absolute atomic E-state index is 11.2. The van der Waals surface area contributed by atoms with Crippen LogP contribution in [0, 0.1) is 0 Å². The molecule has 2 saturated heterocycles. The topological polar surface area (TPSA) is 45.7 Å². The minimum absolute atomic E-state index is 0.184. The molecule has 0 bridgehead atoms. The summed E-state index contributed by atoms with van der Waals surface area (Å²) in [4.78, 5) is 19.8. The summed E-state index contributed by atoms with van der Waals surface area (Å²) < 4.78 is 5.39. The summed E-state index contributed by atoms with van der Waals surface area (Å²) in [6.07, 6.45) is 4.89. The Bertz CT molecular complexity index is 446. The molecule has 5 heteroatoms. The molecule has 3 rings (SSSR count). The fourth-order valence-electron chi connectivity index (χ4n) is 2.96. The van der Waals surface area contributed by atoms with Crippen LogP contribution in [0.3, 0.4) is 0 Å². The van der Waals surface area contributed by atoms with Gasteiger partial charge in [-0.15, -0.1) is 0 Å². The molecule has 3 heterocycles. The van der Waals surface area contributed by atoms with E-state index in [2.05, 4.69) is 16.0 Å². The molecule has 0 aliphatic carbocycles. The fourth-order valence-corrected chi connectivity index (χ4v) is 2.96. The van der Waals surface area contributed by atoms with Crippen molar-refractivity contribution >= 4 is 12.2 Å². The van der Waals surface area contributed by atoms with Crippen molar-refractivity contribution in [2.75, 3.05) is 37.7 Å². The number of carbonyl (C=O) groups is 1. The lowest BCUT2D eigenvalue weighted by Crippen LogP contribution is -2.38. The molecule has 2 aliphatic heterocycles. The number of pyridine rings is 1. The van der Waals surface area contributed by atoms with Crippen LogP contribution in [0.4, 0.5) is 5.82 Å². The molecular weight excluding hydrogens is 242 g/mol. The van der Waals surface area contributed by atoms with Gasteiger partial charge in [0.1, 0.15) is 5.82 Å². The molecule has 0 spiro atoms. The number of nitrogens with zero attached hydrogens (tertiary/aromatic N) is 3. The van der Waals surface area contributed by atoms with Crippen molar-refractivity contribution in [2.45, 2.75) is 18.9 Å². The molecule has 0 unspecified atom stereocenters. The monoisotopic (exact) mass is 261 g/mol. The van der Waals surface area contributed by atoms with E-state index in [9.17, 15) is 4.79 Å². The standard InChI is InChI=1S/C14H19N3O2/c18-11-17-6-2-4-13(17)12-3-1-5-15-14(12)16-7-9-19-10-8-16/h1,3,5,11,13H,2,4,6-10H2/t13-/m0/s1. The smallest absolute Gasteiger partial charge is 0.210 e. The van der Waals surface area contributed by atoms with E-state index in [0.717, 1.165) is 57.9 Å². The lowest BCUT2D eigenvalue weighted by Gasteiger charge is -2.31. The van der Waals surface area contributed by atoms with E-state index in [0.29, 0.717) is 0 Å². The van der Waals surface area contributed by atoms with Crippen molar-refractivity contribution in [1.82, 2.24) is 9.88 Å². The SMILES string of the molecule is O=CN1CCC[C@H]1c1cccnc1N1CCOCC1. The third-order valence-electron chi connectivity index (χ3n) is 3.92. The van der Waals surface area contributed by atoms with Crippen LogP contribution in [-0.4, -0.2) is 49.1 Å². The van der Waals surface area contributed by atoms with Gasteiger partial charge in [0.25, 0.3) is 0 Å². The molecule has 1 aromatic heterocycles. The number of likely N-dealkylation sites (tertiary alicyclic amines) is 1. The minimum Gasteiger partial charge on any atom is -0.378 e. The number of ether oxygens (including phenoxy) is 1. The van der Waals surface area contributed by atoms with Crippen LogP contribution in [0.2, 0.25) is 0 Å². The molecule has 5 nitrogen and oxygen atoms in total. The van der Waals surface area contributed by atoms with Crippen LogP contribution in [0.15, 0.2) is 18.3 Å².